The van der Waals surface area contributed by atoms with E-state index in [2.05, 4.69) is 15.4 Å². The van der Waals surface area contributed by atoms with E-state index in [0.717, 1.165) is 24.1 Å². The van der Waals surface area contributed by atoms with E-state index in [1.165, 1.54) is 29.5 Å². The van der Waals surface area contributed by atoms with E-state index in [1.807, 2.05) is 38.2 Å². The van der Waals surface area contributed by atoms with Crippen molar-refractivity contribution in [3.05, 3.63) is 46.8 Å². The van der Waals surface area contributed by atoms with Gasteiger partial charge in [-0.05, 0) is 56.4 Å². The Labute approximate surface area is 134 Å². The van der Waals surface area contributed by atoms with Crippen LogP contribution in [0.5, 0.6) is 0 Å². The monoisotopic (exact) mass is 308 g/mol. The predicted octanol–water partition coefficient (Wildman–Crippen LogP) is 3.34. The first-order chi connectivity index (χ1) is 11.1. The number of hydrogen-bond acceptors (Lipinski definition) is 2. The summed E-state index contributed by atoms with van der Waals surface area (Å²) in [5.74, 6) is 0.615. The average molecular weight is 308 g/mol. The number of aromatic nitrogens is 3. The number of aryl methyl sites for hydroxylation is 4. The maximum Gasteiger partial charge on any atom is 0.256 e. The van der Waals surface area contributed by atoms with Gasteiger partial charge < -0.3 is 10.3 Å². The van der Waals surface area contributed by atoms with Gasteiger partial charge in [-0.15, -0.1) is 0 Å². The van der Waals surface area contributed by atoms with Crippen molar-refractivity contribution >= 4 is 22.6 Å². The third-order valence-corrected chi connectivity index (χ3v) is 4.60. The number of nitrogens with one attached hydrogen (secondary N) is 2. The molecule has 118 valence electrons. The molecule has 2 aromatic heterocycles. The van der Waals surface area contributed by atoms with Gasteiger partial charge in [0.25, 0.3) is 5.91 Å². The molecule has 2 heterocycles. The van der Waals surface area contributed by atoms with Crippen LogP contribution in [0.25, 0.3) is 10.9 Å². The van der Waals surface area contributed by atoms with Crippen molar-refractivity contribution in [3.63, 3.8) is 0 Å². The van der Waals surface area contributed by atoms with E-state index in [-0.39, 0.29) is 5.91 Å². The molecule has 0 bridgehead atoms. The first-order valence-corrected chi connectivity index (χ1v) is 8.07. The standard InChI is InChI=1S/C18H20N4O/c1-11-9-17(22(2)21-11)20-18(23)12-7-8-16-14(10-12)13-5-3-4-6-15(13)19-16/h7-10,19H,3-6H2,1-2H3,(H,20,23). The maximum atomic E-state index is 12.5. The lowest BCUT2D eigenvalue weighted by Gasteiger charge is -2.10. The van der Waals surface area contributed by atoms with Gasteiger partial charge in [-0.3, -0.25) is 9.48 Å². The highest BCUT2D eigenvalue weighted by Gasteiger charge is 2.17. The van der Waals surface area contributed by atoms with Gasteiger partial charge in [0.2, 0.25) is 0 Å². The Kier molecular flexibility index (Phi) is 3.22. The number of carbonyl (C=O) groups excluding carboxylic acids is 1. The lowest BCUT2D eigenvalue weighted by atomic mass is 9.95. The second-order valence-corrected chi connectivity index (χ2v) is 6.30. The minimum Gasteiger partial charge on any atom is -0.358 e. The zero-order valence-electron chi connectivity index (χ0n) is 13.4. The number of fused-ring (bicyclic) bond motifs is 3. The molecule has 0 aliphatic heterocycles. The van der Waals surface area contributed by atoms with Crippen molar-refractivity contribution in [2.75, 3.05) is 5.32 Å². The van der Waals surface area contributed by atoms with Crippen LogP contribution in [0.3, 0.4) is 0 Å². The fourth-order valence-corrected chi connectivity index (χ4v) is 3.46. The van der Waals surface area contributed by atoms with Gasteiger partial charge in [0.15, 0.2) is 0 Å². The van der Waals surface area contributed by atoms with Gasteiger partial charge in [-0.25, -0.2) is 0 Å². The van der Waals surface area contributed by atoms with E-state index >= 15 is 0 Å². The number of amides is 1. The molecule has 3 aromatic rings. The summed E-state index contributed by atoms with van der Waals surface area (Å²) in [6.07, 6.45) is 4.68. The van der Waals surface area contributed by atoms with Crippen LogP contribution in [-0.2, 0) is 19.9 Å². The van der Waals surface area contributed by atoms with Crippen molar-refractivity contribution in [2.24, 2.45) is 7.05 Å². The van der Waals surface area contributed by atoms with Crippen LogP contribution in [-0.4, -0.2) is 20.7 Å². The van der Waals surface area contributed by atoms with Crippen molar-refractivity contribution in [2.45, 2.75) is 32.6 Å². The summed E-state index contributed by atoms with van der Waals surface area (Å²) in [7, 11) is 1.83. The summed E-state index contributed by atoms with van der Waals surface area (Å²) in [5.41, 5.74) is 5.43. The minimum absolute atomic E-state index is 0.0966. The van der Waals surface area contributed by atoms with Crippen LogP contribution in [0.4, 0.5) is 5.82 Å². The highest BCUT2D eigenvalue weighted by molar-refractivity contribution is 6.06. The Bertz CT molecular complexity index is 903. The highest BCUT2D eigenvalue weighted by Crippen LogP contribution is 2.29. The van der Waals surface area contributed by atoms with Gasteiger partial charge in [0.05, 0.1) is 5.69 Å². The Balaban J connectivity index is 1.68. The normalized spacial score (nSPS) is 14.0. The number of carbonyl (C=O) groups is 1. The average Bonchev–Trinajstić information content (AvgIpc) is 3.06. The lowest BCUT2D eigenvalue weighted by Crippen LogP contribution is -2.14. The molecule has 0 saturated carbocycles. The quantitative estimate of drug-likeness (QED) is 0.762. The predicted molar refractivity (Wildman–Crippen MR) is 90.8 cm³/mol. The largest absolute Gasteiger partial charge is 0.358 e. The molecule has 2 N–H and O–H groups in total. The van der Waals surface area contributed by atoms with E-state index in [4.69, 9.17) is 0 Å². The topological polar surface area (TPSA) is 62.7 Å². The molecule has 1 aliphatic rings. The molecule has 1 aromatic carbocycles. The van der Waals surface area contributed by atoms with Crippen LogP contribution in [0.2, 0.25) is 0 Å². The molecule has 4 rings (SSSR count). The number of rotatable bonds is 2. The Hall–Kier alpha value is -2.56. The molecule has 0 unspecified atom stereocenters. The minimum atomic E-state index is -0.0966. The molecular formula is C18H20N4O. The van der Waals surface area contributed by atoms with Crippen LogP contribution < -0.4 is 5.32 Å². The fraction of sp³-hybridized carbons (Fsp3) is 0.333. The van der Waals surface area contributed by atoms with Crippen LogP contribution in [0.15, 0.2) is 24.3 Å². The van der Waals surface area contributed by atoms with E-state index < -0.39 is 0 Å². The van der Waals surface area contributed by atoms with Gasteiger partial charge in [-0.1, -0.05) is 0 Å². The molecule has 0 saturated heterocycles. The molecule has 5 nitrogen and oxygen atoms in total. The van der Waals surface area contributed by atoms with E-state index in [9.17, 15) is 4.79 Å². The summed E-state index contributed by atoms with van der Waals surface area (Å²) in [4.78, 5) is 16.0. The molecular weight excluding hydrogens is 288 g/mol. The third-order valence-electron chi connectivity index (χ3n) is 4.60. The summed E-state index contributed by atoms with van der Waals surface area (Å²) in [6, 6.07) is 7.77. The van der Waals surface area contributed by atoms with E-state index in [0.29, 0.717) is 11.4 Å². The molecule has 0 spiro atoms. The number of aromatic amines is 1. The highest BCUT2D eigenvalue weighted by atomic mass is 16.1. The second-order valence-electron chi connectivity index (χ2n) is 6.30. The molecule has 0 fully saturated rings. The molecule has 1 aliphatic carbocycles. The van der Waals surface area contributed by atoms with Gasteiger partial charge in [0, 0.05) is 35.3 Å². The van der Waals surface area contributed by atoms with Crippen molar-refractivity contribution < 1.29 is 4.79 Å². The maximum absolute atomic E-state index is 12.5. The van der Waals surface area contributed by atoms with Gasteiger partial charge >= 0.3 is 0 Å². The first-order valence-electron chi connectivity index (χ1n) is 8.07. The number of hydrogen-bond donors (Lipinski definition) is 2. The summed E-state index contributed by atoms with van der Waals surface area (Å²) in [5, 5.41) is 8.38. The number of H-pyrrole nitrogens is 1. The number of nitrogens with zero attached hydrogens (tertiary/aromatic N) is 2. The SMILES string of the molecule is Cc1cc(NC(=O)c2ccc3[nH]c4c(c3c2)CCCC4)n(C)n1. The zero-order chi connectivity index (χ0) is 16.0. The van der Waals surface area contributed by atoms with Crippen molar-refractivity contribution in [3.8, 4) is 0 Å². The summed E-state index contributed by atoms with van der Waals surface area (Å²) in [6.45, 7) is 1.91. The van der Waals surface area contributed by atoms with Crippen molar-refractivity contribution in [1.29, 1.82) is 0 Å². The smallest absolute Gasteiger partial charge is 0.256 e. The first kappa shape index (κ1) is 14.1. The Morgan fingerprint density at radius 2 is 2.09 bits per heavy atom. The summed E-state index contributed by atoms with van der Waals surface area (Å²) < 4.78 is 1.68. The Morgan fingerprint density at radius 1 is 1.26 bits per heavy atom. The molecule has 1 amide bonds. The fourth-order valence-electron chi connectivity index (χ4n) is 3.46. The van der Waals surface area contributed by atoms with Crippen LogP contribution >= 0.6 is 0 Å². The second kappa shape index (κ2) is 5.26. The van der Waals surface area contributed by atoms with Crippen molar-refractivity contribution in [1.82, 2.24) is 14.8 Å². The number of anilines is 1. The molecule has 5 heteroatoms. The van der Waals surface area contributed by atoms with E-state index in [1.54, 1.807) is 4.68 Å². The van der Waals surface area contributed by atoms with Crippen LogP contribution in [0.1, 0.15) is 40.2 Å². The van der Waals surface area contributed by atoms with Gasteiger partial charge in [-0.2, -0.15) is 5.10 Å². The third kappa shape index (κ3) is 2.42. The molecule has 0 atom stereocenters. The Morgan fingerprint density at radius 3 is 2.87 bits per heavy atom. The van der Waals surface area contributed by atoms with Gasteiger partial charge in [0.1, 0.15) is 5.82 Å². The molecule has 0 radical (unpaired) electrons. The summed E-state index contributed by atoms with van der Waals surface area (Å²) >= 11 is 0. The number of benzene rings is 1. The van der Waals surface area contributed by atoms with Crippen LogP contribution in [0, 0.1) is 6.92 Å². The molecule has 23 heavy (non-hydrogen) atoms. The zero-order valence-corrected chi connectivity index (χ0v) is 13.4. The lowest BCUT2D eigenvalue weighted by molar-refractivity contribution is 0.102.